The van der Waals surface area contributed by atoms with E-state index in [4.69, 9.17) is 4.74 Å². The van der Waals surface area contributed by atoms with Crippen LogP contribution < -0.4 is 10.2 Å². The quantitative estimate of drug-likeness (QED) is 0.368. The highest BCUT2D eigenvalue weighted by Gasteiger charge is 2.42. The molecule has 0 radical (unpaired) electrons. The number of ketones is 1. The Kier molecular flexibility index (Phi) is 7.12. The van der Waals surface area contributed by atoms with Gasteiger partial charge in [0.1, 0.15) is 6.04 Å². The van der Waals surface area contributed by atoms with Crippen molar-refractivity contribution in [3.05, 3.63) is 66.6 Å². The average Bonchev–Trinajstić information content (AvgIpc) is 3.43. The maximum Gasteiger partial charge on any atom is 0.322 e. The molecule has 1 saturated carbocycles. The number of hydrogen-bond donors (Lipinski definition) is 2. The number of ether oxygens (including phenoxy) is 1. The number of carbonyl (C=O) groups excluding carboxylic acids is 2. The highest BCUT2D eigenvalue weighted by atomic mass is 16.5. The summed E-state index contributed by atoms with van der Waals surface area (Å²) < 4.78 is 4.93. The van der Waals surface area contributed by atoms with E-state index in [2.05, 4.69) is 15.3 Å². The van der Waals surface area contributed by atoms with Crippen molar-refractivity contribution in [2.45, 2.75) is 50.6 Å². The van der Waals surface area contributed by atoms with Crippen LogP contribution in [-0.4, -0.2) is 47.5 Å². The van der Waals surface area contributed by atoms with Gasteiger partial charge in [-0.1, -0.05) is 49.6 Å². The Hall–Kier alpha value is -3.45. The predicted molar refractivity (Wildman–Crippen MR) is 133 cm³/mol. The maximum absolute atomic E-state index is 14.2. The number of Topliss-reactive ketones (excluding diaryl/α,β-unsaturated/α-hetero) is 1. The summed E-state index contributed by atoms with van der Waals surface area (Å²) in [4.78, 5) is 35.7. The molecule has 34 heavy (non-hydrogen) atoms. The Morgan fingerprint density at radius 1 is 1.12 bits per heavy atom. The van der Waals surface area contributed by atoms with Crippen molar-refractivity contribution in [1.82, 2.24) is 15.3 Å². The van der Waals surface area contributed by atoms with Gasteiger partial charge in [-0.15, -0.1) is 0 Å². The monoisotopic (exact) mass is 460 g/mol. The minimum Gasteiger partial charge on any atom is -0.468 e. The van der Waals surface area contributed by atoms with Gasteiger partial charge >= 0.3 is 5.97 Å². The molecule has 1 aromatic heterocycles. The van der Waals surface area contributed by atoms with Crippen molar-refractivity contribution in [2.75, 3.05) is 19.1 Å². The Balaban J connectivity index is 1.78. The fourth-order valence-corrected chi connectivity index (χ4v) is 4.86. The van der Waals surface area contributed by atoms with Crippen LogP contribution in [0, 0.1) is 0 Å². The number of anilines is 2. The second-order valence-corrected chi connectivity index (χ2v) is 8.94. The van der Waals surface area contributed by atoms with Crippen LogP contribution in [0.25, 0.3) is 11.1 Å². The third kappa shape index (κ3) is 4.75. The van der Waals surface area contributed by atoms with Crippen molar-refractivity contribution in [1.29, 1.82) is 0 Å². The Morgan fingerprint density at radius 3 is 2.50 bits per heavy atom. The Morgan fingerprint density at radius 2 is 1.85 bits per heavy atom. The number of nitrogens with one attached hydrogen (secondary N) is 2. The summed E-state index contributed by atoms with van der Waals surface area (Å²) in [7, 11) is 3.32. The van der Waals surface area contributed by atoms with Crippen molar-refractivity contribution in [3.8, 4) is 11.1 Å². The van der Waals surface area contributed by atoms with Gasteiger partial charge in [0.05, 0.1) is 19.0 Å². The van der Waals surface area contributed by atoms with E-state index in [-0.39, 0.29) is 11.8 Å². The number of esters is 1. The number of carbonyl (C=O) groups is 2. The molecule has 1 atom stereocenters. The third-order valence-corrected chi connectivity index (χ3v) is 6.74. The van der Waals surface area contributed by atoms with Gasteiger partial charge in [-0.05, 0) is 49.1 Å². The average molecular weight is 461 g/mol. The van der Waals surface area contributed by atoms with E-state index >= 15 is 0 Å². The first kappa shape index (κ1) is 23.7. The van der Waals surface area contributed by atoms with Crippen LogP contribution >= 0.6 is 0 Å². The van der Waals surface area contributed by atoms with Crippen molar-refractivity contribution in [2.24, 2.45) is 0 Å². The molecule has 1 fully saturated rings. The Labute approximate surface area is 200 Å². The van der Waals surface area contributed by atoms with Gasteiger partial charge in [-0.2, -0.15) is 0 Å². The van der Waals surface area contributed by atoms with E-state index in [1.165, 1.54) is 7.11 Å². The molecule has 0 aliphatic heterocycles. The number of methoxy groups -OCH3 is 1. The summed E-state index contributed by atoms with van der Waals surface area (Å²) in [6, 6.07) is 15.3. The maximum atomic E-state index is 14.2. The van der Waals surface area contributed by atoms with E-state index in [1.807, 2.05) is 66.7 Å². The number of rotatable bonds is 8. The van der Waals surface area contributed by atoms with E-state index < -0.39 is 11.6 Å². The number of H-pyrrole nitrogens is 1. The molecular formula is C27H32N4O3. The summed E-state index contributed by atoms with van der Waals surface area (Å²) in [6.07, 6.45) is 7.81. The number of benzene rings is 2. The van der Waals surface area contributed by atoms with Gasteiger partial charge in [0.15, 0.2) is 11.6 Å². The highest BCUT2D eigenvalue weighted by molar-refractivity contribution is 6.09. The first-order valence-electron chi connectivity index (χ1n) is 11.8. The minimum absolute atomic E-state index is 0.0239. The van der Waals surface area contributed by atoms with Gasteiger partial charge < -0.3 is 14.6 Å². The fraction of sp³-hybridized carbons (Fsp3) is 0.370. The molecule has 1 unspecified atom stereocenters. The molecule has 7 heteroatoms. The van der Waals surface area contributed by atoms with Gasteiger partial charge in [-0.25, -0.2) is 4.98 Å². The molecule has 2 N–H and O–H groups in total. The minimum atomic E-state index is -0.801. The summed E-state index contributed by atoms with van der Waals surface area (Å²) in [5.41, 5.74) is 2.61. The van der Waals surface area contributed by atoms with Crippen LogP contribution in [0.3, 0.4) is 0 Å². The Bertz CT molecular complexity index is 1120. The van der Waals surface area contributed by atoms with Gasteiger partial charge in [0.25, 0.3) is 0 Å². The summed E-state index contributed by atoms with van der Waals surface area (Å²) in [5, 5.41) is 3.37. The lowest BCUT2D eigenvalue weighted by Crippen LogP contribution is -2.58. The van der Waals surface area contributed by atoms with Crippen LogP contribution in [0.2, 0.25) is 0 Å². The van der Waals surface area contributed by atoms with E-state index in [9.17, 15) is 9.59 Å². The summed E-state index contributed by atoms with van der Waals surface area (Å²) in [6.45, 7) is 1.76. The first-order chi connectivity index (χ1) is 16.4. The zero-order valence-electron chi connectivity index (χ0n) is 20.0. The van der Waals surface area contributed by atoms with Crippen LogP contribution in [0.1, 0.15) is 49.4 Å². The van der Waals surface area contributed by atoms with Crippen molar-refractivity contribution in [3.63, 3.8) is 0 Å². The van der Waals surface area contributed by atoms with E-state index in [0.29, 0.717) is 18.4 Å². The van der Waals surface area contributed by atoms with E-state index in [0.717, 1.165) is 41.9 Å². The van der Waals surface area contributed by atoms with Crippen molar-refractivity contribution < 1.29 is 14.3 Å². The highest BCUT2D eigenvalue weighted by Crippen LogP contribution is 2.37. The first-order valence-corrected chi connectivity index (χ1v) is 11.8. The smallest absolute Gasteiger partial charge is 0.322 e. The molecule has 3 aromatic rings. The standard InChI is InChI=1S/C27H32N4O3/c1-19(26(33)34-3)30-27(14-8-5-9-15-27)25(32)22-13-12-21(31(2)24-17-28-18-29-24)16-23(22)20-10-6-4-7-11-20/h4,6-7,10-13,16-19,30H,5,8-9,14-15H2,1-3H3,(H,28,29). The topological polar surface area (TPSA) is 87.3 Å². The number of aromatic nitrogens is 2. The molecular weight excluding hydrogens is 428 g/mol. The molecule has 0 amide bonds. The summed E-state index contributed by atoms with van der Waals surface area (Å²) >= 11 is 0. The lowest BCUT2D eigenvalue weighted by molar-refractivity contribution is -0.143. The second-order valence-electron chi connectivity index (χ2n) is 8.94. The molecule has 0 spiro atoms. The molecule has 7 nitrogen and oxygen atoms in total. The molecule has 4 rings (SSSR count). The fourth-order valence-electron chi connectivity index (χ4n) is 4.86. The van der Waals surface area contributed by atoms with Crippen LogP contribution in [-0.2, 0) is 9.53 Å². The lowest BCUT2D eigenvalue weighted by Gasteiger charge is -2.39. The predicted octanol–water partition coefficient (Wildman–Crippen LogP) is 4.88. The van der Waals surface area contributed by atoms with Gasteiger partial charge in [-0.3, -0.25) is 14.9 Å². The SMILES string of the molecule is COC(=O)C(C)NC1(C(=O)c2ccc(N(C)c3c[nH]cn3)cc2-c2ccccc2)CCCCC1. The largest absolute Gasteiger partial charge is 0.468 e. The van der Waals surface area contributed by atoms with Crippen LogP contribution in [0.15, 0.2) is 61.1 Å². The molecule has 1 heterocycles. The lowest BCUT2D eigenvalue weighted by atomic mass is 9.74. The number of hydrogen-bond acceptors (Lipinski definition) is 6. The molecule has 1 aliphatic carbocycles. The molecule has 0 saturated heterocycles. The van der Waals surface area contributed by atoms with Crippen LogP contribution in [0.4, 0.5) is 11.5 Å². The zero-order chi connectivity index (χ0) is 24.1. The third-order valence-electron chi connectivity index (χ3n) is 6.74. The number of imidazole rings is 1. The summed E-state index contributed by atoms with van der Waals surface area (Å²) in [5.74, 6) is 0.447. The number of aromatic amines is 1. The zero-order valence-corrected chi connectivity index (χ0v) is 20.0. The van der Waals surface area contributed by atoms with Gasteiger partial charge in [0.2, 0.25) is 0 Å². The normalized spacial score (nSPS) is 16.0. The second kappa shape index (κ2) is 10.2. The van der Waals surface area contributed by atoms with Crippen LogP contribution in [0.5, 0.6) is 0 Å². The van der Waals surface area contributed by atoms with E-state index in [1.54, 1.807) is 13.3 Å². The molecule has 1 aliphatic rings. The molecule has 2 aromatic carbocycles. The van der Waals surface area contributed by atoms with Crippen molar-refractivity contribution >= 4 is 23.3 Å². The molecule has 178 valence electrons. The van der Waals surface area contributed by atoms with Gasteiger partial charge in [0, 0.05) is 24.5 Å². The number of nitrogens with zero attached hydrogens (tertiary/aromatic N) is 2. The molecule has 0 bridgehead atoms.